The Balaban J connectivity index is 3.04. The highest BCUT2D eigenvalue weighted by molar-refractivity contribution is 5.91. The Morgan fingerprint density at radius 2 is 1.58 bits per heavy atom. The van der Waals surface area contributed by atoms with Gasteiger partial charge in [-0.1, -0.05) is 12.1 Å². The van der Waals surface area contributed by atoms with Gasteiger partial charge in [0.15, 0.2) is 17.2 Å². The zero-order chi connectivity index (χ0) is 14.0. The van der Waals surface area contributed by atoms with Gasteiger partial charge >= 0.3 is 0 Å². The second-order valence-corrected chi connectivity index (χ2v) is 4.20. The van der Waals surface area contributed by atoms with Crippen molar-refractivity contribution in [2.75, 3.05) is 21.3 Å². The summed E-state index contributed by atoms with van der Waals surface area (Å²) < 4.78 is 15.7. The predicted molar refractivity (Wildman–Crippen MR) is 74.6 cm³/mol. The van der Waals surface area contributed by atoms with Crippen molar-refractivity contribution < 1.29 is 14.2 Å². The van der Waals surface area contributed by atoms with E-state index in [9.17, 15) is 4.79 Å². The highest BCUT2D eigenvalue weighted by Crippen LogP contribution is 2.34. The normalized spacial score (nSPS) is 10.3. The second kappa shape index (κ2) is 5.18. The van der Waals surface area contributed by atoms with Crippen LogP contribution < -0.4 is 19.6 Å². The molecule has 0 saturated heterocycles. The van der Waals surface area contributed by atoms with E-state index in [1.165, 1.54) is 14.2 Å². The molecule has 0 amide bonds. The highest BCUT2D eigenvalue weighted by Gasteiger charge is 2.14. The maximum absolute atomic E-state index is 12.5. The molecule has 2 rings (SSSR count). The lowest BCUT2D eigenvalue weighted by Gasteiger charge is -2.08. The molecule has 4 nitrogen and oxygen atoms in total. The Kier molecular flexibility index (Phi) is 3.60. The molecule has 0 aliphatic heterocycles. The van der Waals surface area contributed by atoms with E-state index in [0.717, 1.165) is 10.9 Å². The van der Waals surface area contributed by atoms with Crippen molar-refractivity contribution in [3.63, 3.8) is 0 Å². The minimum absolute atomic E-state index is 0.207. The first-order valence-electron chi connectivity index (χ1n) is 5.86. The summed E-state index contributed by atoms with van der Waals surface area (Å²) in [6.45, 7) is 1.91. The average Bonchev–Trinajstić information content (AvgIpc) is 2.54. The Labute approximate surface area is 111 Å². The van der Waals surface area contributed by atoms with Gasteiger partial charge in [-0.05, 0) is 30.0 Å². The molecule has 0 atom stereocenters. The van der Waals surface area contributed by atoms with Crippen LogP contribution >= 0.6 is 0 Å². The summed E-state index contributed by atoms with van der Waals surface area (Å²) in [6, 6.07) is 7.26. The van der Waals surface area contributed by atoms with E-state index in [4.69, 9.17) is 14.2 Å². The first-order valence-corrected chi connectivity index (χ1v) is 5.86. The van der Waals surface area contributed by atoms with Gasteiger partial charge in [-0.3, -0.25) is 4.79 Å². The van der Waals surface area contributed by atoms with Crippen LogP contribution in [0.5, 0.6) is 17.2 Å². The topological polar surface area (TPSA) is 44.8 Å². The third-order valence-electron chi connectivity index (χ3n) is 2.99. The number of ether oxygens (including phenoxy) is 3. The van der Waals surface area contributed by atoms with E-state index < -0.39 is 0 Å². The van der Waals surface area contributed by atoms with Crippen molar-refractivity contribution >= 4 is 10.8 Å². The van der Waals surface area contributed by atoms with E-state index in [0.29, 0.717) is 22.6 Å². The molecule has 0 aliphatic carbocycles. The van der Waals surface area contributed by atoms with Crippen LogP contribution in [0.25, 0.3) is 10.8 Å². The first-order chi connectivity index (χ1) is 9.12. The van der Waals surface area contributed by atoms with Gasteiger partial charge in [-0.2, -0.15) is 0 Å². The maximum atomic E-state index is 12.5. The SMILES string of the molecule is COc1ccc2cc(C)cc(OC)c(=O)c2c1OC. The van der Waals surface area contributed by atoms with Crippen LogP contribution in [-0.2, 0) is 0 Å². The van der Waals surface area contributed by atoms with E-state index in [-0.39, 0.29) is 5.43 Å². The number of aryl methyl sites for hydroxylation is 1. The van der Waals surface area contributed by atoms with E-state index >= 15 is 0 Å². The summed E-state index contributed by atoms with van der Waals surface area (Å²) in [4.78, 5) is 12.5. The number of fused-ring (bicyclic) bond motifs is 1. The fourth-order valence-corrected chi connectivity index (χ4v) is 2.13. The van der Waals surface area contributed by atoms with Crippen LogP contribution in [0, 0.1) is 6.92 Å². The number of benzene rings is 1. The lowest BCUT2D eigenvalue weighted by Crippen LogP contribution is -2.05. The van der Waals surface area contributed by atoms with Crippen molar-refractivity contribution in [3.05, 3.63) is 40.1 Å². The summed E-state index contributed by atoms with van der Waals surface area (Å²) in [5.41, 5.74) is 0.734. The van der Waals surface area contributed by atoms with Gasteiger partial charge < -0.3 is 14.2 Å². The summed E-state index contributed by atoms with van der Waals surface area (Å²) in [7, 11) is 4.54. The molecule has 0 aliphatic rings. The number of hydrogen-bond acceptors (Lipinski definition) is 4. The van der Waals surface area contributed by atoms with Gasteiger partial charge in [0.25, 0.3) is 0 Å². The molecular formula is C15H16O4. The minimum atomic E-state index is -0.207. The third-order valence-corrected chi connectivity index (χ3v) is 2.99. The van der Waals surface area contributed by atoms with Crippen molar-refractivity contribution in [3.8, 4) is 17.2 Å². The predicted octanol–water partition coefficient (Wildman–Crippen LogP) is 2.53. The van der Waals surface area contributed by atoms with E-state index in [1.54, 1.807) is 19.2 Å². The van der Waals surface area contributed by atoms with Gasteiger partial charge in [-0.25, -0.2) is 0 Å². The molecule has 0 N–H and O–H groups in total. The van der Waals surface area contributed by atoms with Gasteiger partial charge in [0.1, 0.15) is 0 Å². The Morgan fingerprint density at radius 1 is 0.895 bits per heavy atom. The Bertz CT molecular complexity index is 677. The fourth-order valence-electron chi connectivity index (χ4n) is 2.13. The van der Waals surface area contributed by atoms with E-state index in [1.807, 2.05) is 19.1 Å². The van der Waals surface area contributed by atoms with Gasteiger partial charge in [0, 0.05) is 0 Å². The van der Waals surface area contributed by atoms with Crippen LogP contribution in [0.3, 0.4) is 0 Å². The summed E-state index contributed by atoms with van der Waals surface area (Å²) in [5, 5.41) is 1.26. The van der Waals surface area contributed by atoms with Gasteiger partial charge in [0.05, 0.1) is 26.7 Å². The molecule has 0 spiro atoms. The molecule has 100 valence electrons. The largest absolute Gasteiger partial charge is 0.493 e. The smallest absolute Gasteiger partial charge is 0.232 e. The number of hydrogen-bond donors (Lipinski definition) is 0. The molecule has 4 heteroatoms. The quantitative estimate of drug-likeness (QED) is 0.850. The maximum Gasteiger partial charge on any atom is 0.232 e. The zero-order valence-corrected chi connectivity index (χ0v) is 11.4. The molecule has 19 heavy (non-hydrogen) atoms. The van der Waals surface area contributed by atoms with E-state index in [2.05, 4.69) is 0 Å². The van der Waals surface area contributed by atoms with Crippen molar-refractivity contribution in [1.29, 1.82) is 0 Å². The van der Waals surface area contributed by atoms with Crippen LogP contribution in [0.2, 0.25) is 0 Å². The zero-order valence-electron chi connectivity index (χ0n) is 11.4. The first kappa shape index (κ1) is 13.2. The van der Waals surface area contributed by atoms with Gasteiger partial charge in [-0.15, -0.1) is 0 Å². The van der Waals surface area contributed by atoms with Crippen LogP contribution in [0.1, 0.15) is 5.56 Å². The van der Waals surface area contributed by atoms with Crippen LogP contribution in [-0.4, -0.2) is 21.3 Å². The third kappa shape index (κ3) is 2.21. The van der Waals surface area contributed by atoms with Crippen molar-refractivity contribution in [2.24, 2.45) is 0 Å². The van der Waals surface area contributed by atoms with Gasteiger partial charge in [0.2, 0.25) is 5.43 Å². The fraction of sp³-hybridized carbons (Fsp3) is 0.267. The van der Waals surface area contributed by atoms with Crippen LogP contribution in [0.15, 0.2) is 29.1 Å². The lowest BCUT2D eigenvalue weighted by molar-refractivity contribution is 0.358. The van der Waals surface area contributed by atoms with Crippen molar-refractivity contribution in [1.82, 2.24) is 0 Å². The molecule has 0 fully saturated rings. The number of methoxy groups -OCH3 is 3. The summed E-state index contributed by atoms with van der Waals surface area (Å²) in [5.74, 6) is 1.25. The average molecular weight is 260 g/mol. The minimum Gasteiger partial charge on any atom is -0.493 e. The highest BCUT2D eigenvalue weighted by atomic mass is 16.5. The molecule has 0 aromatic heterocycles. The molecular weight excluding hydrogens is 244 g/mol. The standard InChI is InChI=1S/C15H16O4/c1-9-7-10-5-6-11(17-2)15(19-4)13(10)14(16)12(8-9)18-3/h5-8H,1-4H3. The Hall–Kier alpha value is -2.23. The Morgan fingerprint density at radius 3 is 2.16 bits per heavy atom. The molecule has 2 aromatic carbocycles. The molecule has 2 aromatic rings. The molecule has 0 unspecified atom stereocenters. The molecule has 0 heterocycles. The molecule has 0 bridgehead atoms. The molecule has 0 radical (unpaired) electrons. The van der Waals surface area contributed by atoms with Crippen molar-refractivity contribution in [2.45, 2.75) is 6.92 Å². The lowest BCUT2D eigenvalue weighted by atomic mass is 10.1. The molecule has 0 saturated carbocycles. The second-order valence-electron chi connectivity index (χ2n) is 4.20. The van der Waals surface area contributed by atoms with Crippen LogP contribution in [0.4, 0.5) is 0 Å². The summed E-state index contributed by atoms with van der Waals surface area (Å²) in [6.07, 6.45) is 0. The monoisotopic (exact) mass is 260 g/mol. The number of rotatable bonds is 3. The summed E-state index contributed by atoms with van der Waals surface area (Å²) >= 11 is 0.